The van der Waals surface area contributed by atoms with E-state index in [9.17, 15) is 10.0 Å². The fourth-order valence-electron chi connectivity index (χ4n) is 1.11. The minimum Gasteiger partial charge on any atom is -0.569 e. The third-order valence-corrected chi connectivity index (χ3v) is 1.83. The number of carbonyl (C=O) groups is 1. The van der Waals surface area contributed by atoms with Crippen LogP contribution in [-0.2, 0) is 9.63 Å². The Hall–Kier alpha value is -1.53. The van der Waals surface area contributed by atoms with Gasteiger partial charge in [-0.05, 0) is 0 Å². The first kappa shape index (κ1) is 9.56. The van der Waals surface area contributed by atoms with Gasteiger partial charge in [-0.15, -0.1) is 5.01 Å². The highest BCUT2D eigenvalue weighted by molar-refractivity contribution is 5.47. The zero-order valence-corrected chi connectivity index (χ0v) is 7.42. The molecular weight excluding hydrogens is 176 g/mol. The molecule has 0 saturated carbocycles. The van der Waals surface area contributed by atoms with E-state index in [0.717, 1.165) is 6.41 Å². The van der Waals surface area contributed by atoms with Gasteiger partial charge in [-0.2, -0.15) is 0 Å². The molecule has 1 heterocycles. The van der Waals surface area contributed by atoms with Gasteiger partial charge in [-0.1, -0.05) is 0 Å². The summed E-state index contributed by atoms with van der Waals surface area (Å²) in [5.74, 6) is 0. The van der Waals surface area contributed by atoms with Crippen LogP contribution >= 0.6 is 0 Å². The third-order valence-electron chi connectivity index (χ3n) is 1.83. The molecule has 0 unspecified atom stereocenters. The zero-order valence-electron chi connectivity index (χ0n) is 7.42. The summed E-state index contributed by atoms with van der Waals surface area (Å²) in [5.41, 5.74) is 0. The van der Waals surface area contributed by atoms with Crippen molar-refractivity contribution in [3.63, 3.8) is 0 Å². The van der Waals surface area contributed by atoms with Gasteiger partial charge in [0.05, 0.1) is 18.1 Å². The molecule has 1 fully saturated rings. The maximum atomic E-state index is 11.0. The molecule has 0 N–H and O–H groups in total. The summed E-state index contributed by atoms with van der Waals surface area (Å²) >= 11 is 0. The molecule has 0 aromatic rings. The molecule has 1 aliphatic rings. The molecule has 0 spiro atoms. The first-order chi connectivity index (χ1) is 6.27. The van der Waals surface area contributed by atoms with Gasteiger partial charge in [-0.25, -0.2) is 0 Å². The maximum Gasteiger partial charge on any atom is 0.232 e. The quantitative estimate of drug-likeness (QED) is 0.251. The fraction of sp³-hybridized carbons (Fsp3) is 0.833. The number of hydrogen-bond donors (Lipinski definition) is 0. The monoisotopic (exact) mass is 188 g/mol. The average molecular weight is 188 g/mol. The minimum atomic E-state index is 0.405. The van der Waals surface area contributed by atoms with Crippen LogP contribution in [0.5, 0.6) is 0 Å². The molecule has 7 nitrogen and oxygen atoms in total. The normalized spacial score (nSPS) is 18.7. The molecule has 74 valence electrons. The molecule has 0 radical (unpaired) electrons. The van der Waals surface area contributed by atoms with Gasteiger partial charge >= 0.3 is 0 Å². The highest BCUT2D eigenvalue weighted by Crippen LogP contribution is 1.99. The van der Waals surface area contributed by atoms with E-state index in [1.807, 2.05) is 0 Å². The highest BCUT2D eigenvalue weighted by atomic mass is 16.7. The molecule has 7 heteroatoms. The van der Waals surface area contributed by atoms with Crippen molar-refractivity contribution in [2.24, 2.45) is 5.28 Å². The topological polar surface area (TPSA) is 71.2 Å². The van der Waals surface area contributed by atoms with Gasteiger partial charge in [0, 0.05) is 13.1 Å². The Morgan fingerprint density at radius 1 is 1.46 bits per heavy atom. The van der Waals surface area contributed by atoms with Crippen LogP contribution in [0.25, 0.3) is 0 Å². The van der Waals surface area contributed by atoms with E-state index in [4.69, 9.17) is 0 Å². The number of hydrazine groups is 1. The molecule has 13 heavy (non-hydrogen) atoms. The SMILES string of the molecule is CO/N=[N+](/[O-])N1CCN(C=O)CC1. The number of rotatable bonds is 3. The lowest BCUT2D eigenvalue weighted by Gasteiger charge is -2.28. The molecule has 0 aromatic heterocycles. The second-order valence-corrected chi connectivity index (χ2v) is 2.61. The van der Waals surface area contributed by atoms with E-state index in [1.165, 1.54) is 12.1 Å². The van der Waals surface area contributed by atoms with Crippen LogP contribution < -0.4 is 0 Å². The van der Waals surface area contributed by atoms with Crippen molar-refractivity contribution in [3.05, 3.63) is 5.21 Å². The van der Waals surface area contributed by atoms with Gasteiger partial charge in [0.1, 0.15) is 7.11 Å². The molecule has 0 bridgehead atoms. The third kappa shape index (κ3) is 2.46. The molecule has 0 aliphatic carbocycles. The molecule has 0 aromatic carbocycles. The fourth-order valence-corrected chi connectivity index (χ4v) is 1.11. The number of hydrogen-bond acceptors (Lipinski definition) is 4. The lowest BCUT2D eigenvalue weighted by molar-refractivity contribution is -0.711. The Balaban J connectivity index is 2.40. The van der Waals surface area contributed by atoms with E-state index in [-0.39, 0.29) is 0 Å². The summed E-state index contributed by atoms with van der Waals surface area (Å²) < 4.78 is 0. The Bertz CT molecular complexity index is 200. The van der Waals surface area contributed by atoms with E-state index in [0.29, 0.717) is 31.1 Å². The van der Waals surface area contributed by atoms with Crippen molar-refractivity contribution >= 4 is 6.41 Å². The zero-order chi connectivity index (χ0) is 9.68. The van der Waals surface area contributed by atoms with Crippen molar-refractivity contribution in [2.75, 3.05) is 33.3 Å². The van der Waals surface area contributed by atoms with Crippen molar-refractivity contribution in [2.45, 2.75) is 0 Å². The van der Waals surface area contributed by atoms with Crippen molar-refractivity contribution < 1.29 is 14.6 Å². The van der Waals surface area contributed by atoms with Crippen LogP contribution in [-0.4, -0.2) is 54.6 Å². The van der Waals surface area contributed by atoms with E-state index in [2.05, 4.69) is 10.1 Å². The molecule has 1 amide bonds. The highest BCUT2D eigenvalue weighted by Gasteiger charge is 2.20. The van der Waals surface area contributed by atoms with Gasteiger partial charge in [0.2, 0.25) is 11.7 Å². The molecule has 1 aliphatic heterocycles. The standard InChI is InChI=1S/C6H12N4O3/c1-13-7-10(12)9-4-2-8(6-11)3-5-9/h6H,2-5H2,1H3/b10-7+. The predicted octanol–water partition coefficient (Wildman–Crippen LogP) is -0.801. The molecule has 0 atom stereocenters. The smallest absolute Gasteiger partial charge is 0.232 e. The Morgan fingerprint density at radius 3 is 2.54 bits per heavy atom. The Morgan fingerprint density at radius 2 is 2.08 bits per heavy atom. The summed E-state index contributed by atoms with van der Waals surface area (Å²) in [4.78, 5) is 16.7. The largest absolute Gasteiger partial charge is 0.569 e. The average Bonchev–Trinajstić information content (AvgIpc) is 2.18. The van der Waals surface area contributed by atoms with Crippen LogP contribution in [0.2, 0.25) is 0 Å². The summed E-state index contributed by atoms with van der Waals surface area (Å²) in [6.45, 7) is 2.05. The van der Waals surface area contributed by atoms with Crippen LogP contribution in [0.1, 0.15) is 0 Å². The second-order valence-electron chi connectivity index (χ2n) is 2.61. The number of amides is 1. The summed E-state index contributed by atoms with van der Waals surface area (Å²) in [7, 11) is 1.31. The lowest BCUT2D eigenvalue weighted by atomic mass is 10.4. The number of nitrogens with zero attached hydrogens (tertiary/aromatic N) is 4. The summed E-state index contributed by atoms with van der Waals surface area (Å²) in [6.07, 6.45) is 0.778. The van der Waals surface area contributed by atoms with E-state index in [1.54, 1.807) is 4.90 Å². The van der Waals surface area contributed by atoms with Crippen LogP contribution in [0.3, 0.4) is 0 Å². The lowest BCUT2D eigenvalue weighted by Crippen LogP contribution is -2.48. The van der Waals surface area contributed by atoms with Gasteiger partial charge < -0.3 is 14.9 Å². The van der Waals surface area contributed by atoms with Gasteiger partial charge in [-0.3, -0.25) is 4.79 Å². The van der Waals surface area contributed by atoms with Crippen molar-refractivity contribution in [1.29, 1.82) is 0 Å². The second kappa shape index (κ2) is 4.48. The first-order valence-corrected chi connectivity index (χ1v) is 3.93. The Kier molecular flexibility index (Phi) is 3.30. The van der Waals surface area contributed by atoms with E-state index < -0.39 is 0 Å². The number of carbonyl (C=O) groups excluding carboxylic acids is 1. The van der Waals surface area contributed by atoms with E-state index >= 15 is 0 Å². The van der Waals surface area contributed by atoms with Gasteiger partial charge in [0.15, 0.2) is 0 Å². The van der Waals surface area contributed by atoms with Crippen LogP contribution in [0.4, 0.5) is 0 Å². The molecular formula is C6H12N4O3. The predicted molar refractivity (Wildman–Crippen MR) is 42.3 cm³/mol. The summed E-state index contributed by atoms with van der Waals surface area (Å²) in [5, 5.41) is 15.7. The Labute approximate surface area is 75.7 Å². The first-order valence-electron chi connectivity index (χ1n) is 3.93. The van der Waals surface area contributed by atoms with Crippen molar-refractivity contribution in [3.8, 4) is 0 Å². The summed E-state index contributed by atoms with van der Waals surface area (Å²) in [6, 6.07) is 0. The van der Waals surface area contributed by atoms with Gasteiger partial charge in [0.25, 0.3) is 0 Å². The van der Waals surface area contributed by atoms with Crippen molar-refractivity contribution in [1.82, 2.24) is 9.91 Å². The maximum absolute atomic E-state index is 11.0. The molecule has 1 rings (SSSR count). The van der Waals surface area contributed by atoms with Crippen LogP contribution in [0, 0.1) is 5.21 Å². The number of piperazine rings is 1. The molecule has 1 saturated heterocycles. The van der Waals surface area contributed by atoms with Crippen LogP contribution in [0.15, 0.2) is 5.28 Å². The minimum absolute atomic E-state index is 0.405.